The van der Waals surface area contributed by atoms with Gasteiger partial charge in [-0.05, 0) is 86.3 Å². The van der Waals surface area contributed by atoms with Crippen molar-refractivity contribution in [3.63, 3.8) is 0 Å². The molecule has 0 aliphatic carbocycles. The largest absolute Gasteiger partial charge is 0.486 e. The Morgan fingerprint density at radius 3 is 2.47 bits per heavy atom. The molecule has 7 nitrogen and oxygen atoms in total. The summed E-state index contributed by atoms with van der Waals surface area (Å²) in [5.41, 5.74) is 5.03. The van der Waals surface area contributed by atoms with Crippen LogP contribution in [0.15, 0.2) is 52.7 Å². The second-order valence-corrected chi connectivity index (χ2v) is 10.5. The van der Waals surface area contributed by atoms with Crippen LogP contribution < -0.4 is 4.90 Å². The average molecular weight is 554 g/mol. The van der Waals surface area contributed by atoms with Crippen LogP contribution in [-0.4, -0.2) is 31.6 Å². The summed E-state index contributed by atoms with van der Waals surface area (Å²) < 4.78 is 20.9. The zero-order valence-corrected chi connectivity index (χ0v) is 22.8. The normalized spacial score (nSPS) is 14.2. The van der Waals surface area contributed by atoms with E-state index in [2.05, 4.69) is 40.8 Å². The van der Waals surface area contributed by atoms with E-state index in [1.165, 1.54) is 6.07 Å². The maximum Gasteiger partial charge on any atom is 0.160 e. The smallest absolute Gasteiger partial charge is 0.160 e. The van der Waals surface area contributed by atoms with Crippen molar-refractivity contribution in [2.24, 2.45) is 0 Å². The zero-order chi connectivity index (χ0) is 26.2. The molecule has 0 bridgehead atoms. The van der Waals surface area contributed by atoms with E-state index in [1.807, 2.05) is 39.1 Å². The molecule has 4 rings (SSSR count). The molecule has 0 aromatic carbocycles. The van der Waals surface area contributed by atoms with Crippen molar-refractivity contribution >= 4 is 21.6 Å². The number of aliphatic hydroxyl groups is 1. The quantitative estimate of drug-likeness (QED) is 0.414. The molecule has 0 saturated heterocycles. The van der Waals surface area contributed by atoms with E-state index in [-0.39, 0.29) is 18.1 Å². The van der Waals surface area contributed by atoms with Gasteiger partial charge < -0.3 is 14.7 Å². The highest BCUT2D eigenvalue weighted by Gasteiger charge is 2.24. The van der Waals surface area contributed by atoms with Crippen molar-refractivity contribution < 1.29 is 14.2 Å². The predicted octanol–water partition coefficient (Wildman–Crippen LogP) is 5.77. The second-order valence-electron chi connectivity index (χ2n) is 9.51. The lowest BCUT2D eigenvalue weighted by molar-refractivity contribution is 0.0688. The number of hydrogen-bond acceptors (Lipinski definition) is 7. The minimum atomic E-state index is -1.16. The highest BCUT2D eigenvalue weighted by Crippen LogP contribution is 2.34. The van der Waals surface area contributed by atoms with Crippen molar-refractivity contribution in [1.29, 1.82) is 0 Å². The Labute approximate surface area is 218 Å². The molecule has 0 amide bonds. The van der Waals surface area contributed by atoms with Crippen molar-refractivity contribution in [3.8, 4) is 11.4 Å². The van der Waals surface area contributed by atoms with Gasteiger partial charge in [0.1, 0.15) is 29.5 Å². The summed E-state index contributed by atoms with van der Waals surface area (Å²) in [6.07, 6.45) is 7.07. The summed E-state index contributed by atoms with van der Waals surface area (Å²) in [6.45, 7) is 11.6. The fraction of sp³-hybridized carbons (Fsp3) is 0.333. The lowest BCUT2D eigenvalue weighted by atomic mass is 10.1. The number of pyridine rings is 2. The van der Waals surface area contributed by atoms with Gasteiger partial charge in [0.15, 0.2) is 5.82 Å². The predicted molar refractivity (Wildman–Crippen MR) is 141 cm³/mol. The van der Waals surface area contributed by atoms with Gasteiger partial charge in [0.2, 0.25) is 0 Å². The lowest BCUT2D eigenvalue weighted by Crippen LogP contribution is -2.27. The minimum absolute atomic E-state index is 0.0370. The van der Waals surface area contributed by atoms with Crippen molar-refractivity contribution in [2.45, 2.75) is 53.8 Å². The van der Waals surface area contributed by atoms with Crippen LogP contribution in [0.25, 0.3) is 11.4 Å². The number of halogens is 2. The van der Waals surface area contributed by atoms with Gasteiger partial charge in [-0.2, -0.15) is 0 Å². The second kappa shape index (κ2) is 10.1. The number of aromatic nitrogens is 4. The third kappa shape index (κ3) is 5.47. The van der Waals surface area contributed by atoms with Gasteiger partial charge >= 0.3 is 0 Å². The molecule has 0 saturated carbocycles. The van der Waals surface area contributed by atoms with Gasteiger partial charge in [-0.25, -0.2) is 14.4 Å². The summed E-state index contributed by atoms with van der Waals surface area (Å²) >= 11 is 3.64. The topological polar surface area (TPSA) is 84.3 Å². The average Bonchev–Trinajstić information content (AvgIpc) is 2.80. The first-order valence-electron chi connectivity index (χ1n) is 11.6. The highest BCUT2D eigenvalue weighted by atomic mass is 79.9. The molecule has 0 fully saturated rings. The van der Waals surface area contributed by atoms with Gasteiger partial charge in [-0.3, -0.25) is 9.97 Å². The molecule has 0 unspecified atom stereocenters. The zero-order valence-electron chi connectivity index (χ0n) is 21.2. The Bertz CT molecular complexity index is 1380. The Kier molecular flexibility index (Phi) is 7.24. The summed E-state index contributed by atoms with van der Waals surface area (Å²) in [5, 5.41) is 10.4. The highest BCUT2D eigenvalue weighted by molar-refractivity contribution is 9.11. The molecule has 0 atom stereocenters. The molecule has 1 aliphatic rings. The first kappa shape index (κ1) is 25.9. The van der Waals surface area contributed by atoms with E-state index in [9.17, 15) is 9.50 Å². The molecule has 0 spiro atoms. The SMILES string of the molecule is CC1=CC(OCc2ncc(C)cc2F)=C(Br)CN1c1cc(-c2nc(C(C)(C)O)ncc2C)ncc1C. The summed E-state index contributed by atoms with van der Waals surface area (Å²) in [7, 11) is 0. The first-order chi connectivity index (χ1) is 16.9. The number of allylic oxidation sites excluding steroid dienone is 2. The van der Waals surface area contributed by atoms with E-state index in [0.29, 0.717) is 29.5 Å². The number of rotatable bonds is 6. The summed E-state index contributed by atoms with van der Waals surface area (Å²) in [4.78, 5) is 19.8. The van der Waals surface area contributed by atoms with Crippen LogP contribution in [0.3, 0.4) is 0 Å². The molecule has 188 valence electrons. The summed E-state index contributed by atoms with van der Waals surface area (Å²) in [5.74, 6) is 0.601. The molecule has 4 heterocycles. The monoisotopic (exact) mass is 553 g/mol. The fourth-order valence-corrected chi connectivity index (χ4v) is 4.31. The standard InChI is InChI=1S/C27H29BrFN5O2/c1-15-7-20(29)22(30-10-15)14-36-24-8-18(4)34(13-19(24)28)23-9-21(31-11-16(23)2)25-17(3)12-32-26(33-25)27(5,6)35/h7-12,35H,13-14H2,1-6H3. The molecule has 1 aliphatic heterocycles. The van der Waals surface area contributed by atoms with Gasteiger partial charge in [0.05, 0.1) is 22.4 Å². The number of hydrogen-bond donors (Lipinski definition) is 1. The van der Waals surface area contributed by atoms with E-state index in [4.69, 9.17) is 4.74 Å². The molecular formula is C27H29BrFN5O2. The van der Waals surface area contributed by atoms with Crippen LogP contribution in [0.2, 0.25) is 0 Å². The molecule has 36 heavy (non-hydrogen) atoms. The lowest BCUT2D eigenvalue weighted by Gasteiger charge is -2.31. The van der Waals surface area contributed by atoms with Crippen molar-refractivity contribution in [2.75, 3.05) is 11.4 Å². The third-order valence-corrected chi connectivity index (χ3v) is 6.52. The molecule has 3 aromatic heterocycles. The number of ether oxygens (including phenoxy) is 1. The number of anilines is 1. The Morgan fingerprint density at radius 1 is 1.06 bits per heavy atom. The Morgan fingerprint density at radius 2 is 1.78 bits per heavy atom. The van der Waals surface area contributed by atoms with Gasteiger partial charge in [0.25, 0.3) is 0 Å². The van der Waals surface area contributed by atoms with Gasteiger partial charge in [0, 0.05) is 36.1 Å². The van der Waals surface area contributed by atoms with Crippen LogP contribution in [0.4, 0.5) is 10.1 Å². The fourth-order valence-electron chi connectivity index (χ4n) is 3.83. The van der Waals surface area contributed by atoms with Crippen LogP contribution in [0, 0.1) is 26.6 Å². The molecule has 3 aromatic rings. The minimum Gasteiger partial charge on any atom is -0.486 e. The maximum atomic E-state index is 14.2. The molecule has 0 radical (unpaired) electrons. The van der Waals surface area contributed by atoms with Gasteiger partial charge in [-0.15, -0.1) is 0 Å². The summed E-state index contributed by atoms with van der Waals surface area (Å²) in [6, 6.07) is 3.44. The molecule has 9 heteroatoms. The third-order valence-electron chi connectivity index (χ3n) is 5.88. The van der Waals surface area contributed by atoms with Crippen molar-refractivity contribution in [1.82, 2.24) is 19.9 Å². The van der Waals surface area contributed by atoms with E-state index in [1.54, 1.807) is 33.2 Å². The van der Waals surface area contributed by atoms with E-state index in [0.717, 1.165) is 32.6 Å². The van der Waals surface area contributed by atoms with Crippen LogP contribution in [0.1, 0.15) is 49.0 Å². The number of aryl methyl sites for hydroxylation is 3. The van der Waals surface area contributed by atoms with Crippen LogP contribution in [-0.2, 0) is 16.9 Å². The molecule has 1 N–H and O–H groups in total. The maximum absolute atomic E-state index is 14.2. The van der Waals surface area contributed by atoms with E-state index < -0.39 is 5.60 Å². The first-order valence-corrected chi connectivity index (χ1v) is 12.3. The molecular weight excluding hydrogens is 525 g/mol. The van der Waals surface area contributed by atoms with Crippen LogP contribution in [0.5, 0.6) is 0 Å². The van der Waals surface area contributed by atoms with Gasteiger partial charge in [-0.1, -0.05) is 0 Å². The van der Waals surface area contributed by atoms with Crippen molar-refractivity contribution in [3.05, 3.63) is 86.8 Å². The Balaban J connectivity index is 1.61. The van der Waals surface area contributed by atoms with Crippen LogP contribution >= 0.6 is 15.9 Å². The Hall–Kier alpha value is -3.17. The van der Waals surface area contributed by atoms with E-state index >= 15 is 0 Å². The number of nitrogens with zero attached hydrogens (tertiary/aromatic N) is 5.